The fourth-order valence-electron chi connectivity index (χ4n) is 2.08. The van der Waals surface area contributed by atoms with Gasteiger partial charge in [0.05, 0.1) is 12.2 Å². The second-order valence-corrected chi connectivity index (χ2v) is 6.60. The van der Waals surface area contributed by atoms with E-state index >= 15 is 0 Å². The van der Waals surface area contributed by atoms with Crippen LogP contribution in [0.25, 0.3) is 0 Å². The Labute approximate surface area is 122 Å². The molecule has 0 saturated carbocycles. The van der Waals surface area contributed by atoms with Crippen LogP contribution in [0.5, 0.6) is 0 Å². The first-order chi connectivity index (χ1) is 9.87. The maximum absolute atomic E-state index is 11.7. The Bertz CT molecular complexity index is 639. The van der Waals surface area contributed by atoms with E-state index in [0.29, 0.717) is 18.7 Å². The first-order valence-electron chi connectivity index (χ1n) is 6.50. The largest absolute Gasteiger partial charge is 0.481 e. The molecule has 1 aliphatic rings. The molecule has 0 spiro atoms. The summed E-state index contributed by atoms with van der Waals surface area (Å²) in [6, 6.07) is 6.44. The maximum atomic E-state index is 11.7. The van der Waals surface area contributed by atoms with Crippen molar-refractivity contribution in [1.82, 2.24) is 0 Å². The number of hydrogen-bond donors (Lipinski definition) is 2. The zero-order valence-corrected chi connectivity index (χ0v) is 12.1. The Balaban J connectivity index is 2.02. The molecule has 1 aromatic carbocycles. The number of aliphatic carboxylic acids is 1. The first kappa shape index (κ1) is 15.3. The molecule has 21 heavy (non-hydrogen) atoms. The van der Waals surface area contributed by atoms with Gasteiger partial charge in [-0.05, 0) is 30.7 Å². The summed E-state index contributed by atoms with van der Waals surface area (Å²) in [5, 5.41) is 8.50. The molecule has 2 N–H and O–H groups in total. The van der Waals surface area contributed by atoms with E-state index in [1.165, 1.54) is 0 Å². The van der Waals surface area contributed by atoms with Crippen LogP contribution < -0.4 is 9.62 Å². The van der Waals surface area contributed by atoms with Crippen LogP contribution in [0.3, 0.4) is 0 Å². The van der Waals surface area contributed by atoms with E-state index in [4.69, 9.17) is 5.11 Å². The van der Waals surface area contributed by atoms with E-state index < -0.39 is 28.2 Å². The van der Waals surface area contributed by atoms with Crippen LogP contribution in [0.15, 0.2) is 24.3 Å². The van der Waals surface area contributed by atoms with E-state index in [9.17, 15) is 18.0 Å². The van der Waals surface area contributed by atoms with E-state index in [2.05, 4.69) is 4.72 Å². The van der Waals surface area contributed by atoms with Gasteiger partial charge in [0.25, 0.3) is 0 Å². The minimum absolute atomic E-state index is 0.0600. The normalized spacial score (nSPS) is 15.2. The number of amides is 1. The minimum atomic E-state index is -3.68. The van der Waals surface area contributed by atoms with Gasteiger partial charge in [-0.15, -0.1) is 0 Å². The summed E-state index contributed by atoms with van der Waals surface area (Å²) in [6.07, 6.45) is 0.904. The number of benzene rings is 1. The molecule has 1 amide bonds. The standard InChI is InChI=1S/C13H16N2O5S/c16-12-2-1-8-15(12)11-5-3-10(4-6-11)14-21(19,20)9-7-13(17)18/h3-6,14H,1-2,7-9H2,(H,17,18). The molecule has 1 heterocycles. The second kappa shape index (κ2) is 6.13. The Morgan fingerprint density at radius 1 is 1.29 bits per heavy atom. The molecule has 1 saturated heterocycles. The zero-order chi connectivity index (χ0) is 15.5. The topological polar surface area (TPSA) is 104 Å². The fourth-order valence-corrected chi connectivity index (χ4v) is 3.12. The van der Waals surface area contributed by atoms with Crippen LogP contribution in [0.2, 0.25) is 0 Å². The highest BCUT2D eigenvalue weighted by Crippen LogP contribution is 2.23. The van der Waals surface area contributed by atoms with Gasteiger partial charge in [-0.25, -0.2) is 8.42 Å². The van der Waals surface area contributed by atoms with Crippen molar-refractivity contribution in [2.75, 3.05) is 21.9 Å². The average molecular weight is 312 g/mol. The molecule has 2 rings (SSSR count). The van der Waals surface area contributed by atoms with Crippen LogP contribution in [0.1, 0.15) is 19.3 Å². The SMILES string of the molecule is O=C(O)CCS(=O)(=O)Nc1ccc(N2CCCC2=O)cc1. The van der Waals surface area contributed by atoms with Gasteiger partial charge in [0, 0.05) is 24.3 Å². The molecule has 114 valence electrons. The predicted molar refractivity (Wildman–Crippen MR) is 77.7 cm³/mol. The van der Waals surface area contributed by atoms with Gasteiger partial charge in [-0.2, -0.15) is 0 Å². The molecular formula is C13H16N2O5S. The van der Waals surface area contributed by atoms with Crippen LogP contribution in [0.4, 0.5) is 11.4 Å². The summed E-state index contributed by atoms with van der Waals surface area (Å²) < 4.78 is 25.6. The molecule has 0 radical (unpaired) electrons. The van der Waals surface area contributed by atoms with Crippen molar-refractivity contribution in [1.29, 1.82) is 0 Å². The van der Waals surface area contributed by atoms with Gasteiger partial charge >= 0.3 is 5.97 Å². The lowest BCUT2D eigenvalue weighted by atomic mass is 10.2. The number of carbonyl (C=O) groups excluding carboxylic acids is 1. The van der Waals surface area contributed by atoms with Gasteiger partial charge in [-0.1, -0.05) is 0 Å². The number of nitrogens with zero attached hydrogens (tertiary/aromatic N) is 1. The molecule has 1 aromatic rings. The molecule has 7 nitrogen and oxygen atoms in total. The quantitative estimate of drug-likeness (QED) is 0.816. The number of rotatable bonds is 6. The molecule has 1 aliphatic heterocycles. The maximum Gasteiger partial charge on any atom is 0.304 e. The Hall–Kier alpha value is -2.09. The van der Waals surface area contributed by atoms with E-state index in [1.807, 2.05) is 0 Å². The van der Waals surface area contributed by atoms with E-state index in [0.717, 1.165) is 12.1 Å². The highest BCUT2D eigenvalue weighted by molar-refractivity contribution is 7.92. The third kappa shape index (κ3) is 4.19. The van der Waals surface area contributed by atoms with Crippen molar-refractivity contribution in [2.24, 2.45) is 0 Å². The Morgan fingerprint density at radius 3 is 2.48 bits per heavy atom. The molecule has 0 bridgehead atoms. The minimum Gasteiger partial charge on any atom is -0.481 e. The highest BCUT2D eigenvalue weighted by Gasteiger charge is 2.21. The van der Waals surface area contributed by atoms with Crippen molar-refractivity contribution >= 4 is 33.3 Å². The van der Waals surface area contributed by atoms with E-state index in [1.54, 1.807) is 29.2 Å². The van der Waals surface area contributed by atoms with Crippen molar-refractivity contribution in [3.8, 4) is 0 Å². The number of hydrogen-bond acceptors (Lipinski definition) is 4. The van der Waals surface area contributed by atoms with Crippen LogP contribution in [0, 0.1) is 0 Å². The predicted octanol–water partition coefficient (Wildman–Crippen LogP) is 1.03. The average Bonchev–Trinajstić information content (AvgIpc) is 2.83. The third-order valence-electron chi connectivity index (χ3n) is 3.11. The Kier molecular flexibility index (Phi) is 4.46. The summed E-state index contributed by atoms with van der Waals surface area (Å²) in [4.78, 5) is 23.6. The lowest BCUT2D eigenvalue weighted by molar-refractivity contribution is -0.136. The molecule has 8 heteroatoms. The number of carboxylic acid groups (broad SMARTS) is 1. The van der Waals surface area contributed by atoms with Gasteiger partial charge < -0.3 is 10.0 Å². The molecule has 1 fully saturated rings. The molecule has 0 aliphatic carbocycles. The zero-order valence-electron chi connectivity index (χ0n) is 11.3. The number of anilines is 2. The van der Waals surface area contributed by atoms with Crippen LogP contribution in [-0.2, 0) is 19.6 Å². The van der Waals surface area contributed by atoms with Crippen molar-refractivity contribution in [3.63, 3.8) is 0 Å². The van der Waals surface area contributed by atoms with Crippen molar-refractivity contribution in [3.05, 3.63) is 24.3 Å². The van der Waals surface area contributed by atoms with Crippen LogP contribution in [-0.4, -0.2) is 37.7 Å². The summed E-state index contributed by atoms with van der Waals surface area (Å²) in [5.41, 5.74) is 1.07. The fraction of sp³-hybridized carbons (Fsp3) is 0.385. The van der Waals surface area contributed by atoms with Crippen molar-refractivity contribution < 1.29 is 23.1 Å². The number of nitrogens with one attached hydrogen (secondary N) is 1. The van der Waals surface area contributed by atoms with Gasteiger partial charge in [0.2, 0.25) is 15.9 Å². The lowest BCUT2D eigenvalue weighted by Crippen LogP contribution is -2.23. The highest BCUT2D eigenvalue weighted by atomic mass is 32.2. The molecule has 0 atom stereocenters. The molecule has 0 unspecified atom stereocenters. The molecular weight excluding hydrogens is 296 g/mol. The van der Waals surface area contributed by atoms with E-state index in [-0.39, 0.29) is 5.91 Å². The summed E-state index contributed by atoms with van der Waals surface area (Å²) in [7, 11) is -3.68. The monoisotopic (exact) mass is 312 g/mol. The molecule has 0 aromatic heterocycles. The smallest absolute Gasteiger partial charge is 0.304 e. The summed E-state index contributed by atoms with van der Waals surface area (Å²) in [6.45, 7) is 0.669. The number of carbonyl (C=O) groups is 2. The summed E-state index contributed by atoms with van der Waals surface area (Å²) in [5.74, 6) is -1.58. The second-order valence-electron chi connectivity index (χ2n) is 4.76. The third-order valence-corrected chi connectivity index (χ3v) is 4.40. The van der Waals surface area contributed by atoms with Gasteiger partial charge in [0.15, 0.2) is 0 Å². The van der Waals surface area contributed by atoms with Gasteiger partial charge in [0.1, 0.15) is 0 Å². The van der Waals surface area contributed by atoms with Gasteiger partial charge in [-0.3, -0.25) is 14.3 Å². The summed E-state index contributed by atoms with van der Waals surface area (Å²) >= 11 is 0. The lowest BCUT2D eigenvalue weighted by Gasteiger charge is -2.16. The Morgan fingerprint density at radius 2 is 1.95 bits per heavy atom. The number of sulfonamides is 1. The van der Waals surface area contributed by atoms with Crippen LogP contribution >= 0.6 is 0 Å². The number of carboxylic acids is 1. The first-order valence-corrected chi connectivity index (χ1v) is 8.15. The van der Waals surface area contributed by atoms with Crippen molar-refractivity contribution in [2.45, 2.75) is 19.3 Å².